The van der Waals surface area contributed by atoms with Crippen LogP contribution in [-0.4, -0.2) is 33.9 Å². The van der Waals surface area contributed by atoms with Crippen LogP contribution in [-0.2, 0) is 20.0 Å². The molecule has 0 fully saturated rings. The highest BCUT2D eigenvalue weighted by Crippen LogP contribution is 2.31. The van der Waals surface area contributed by atoms with Gasteiger partial charge in [-0.15, -0.1) is 34.2 Å². The third-order valence-corrected chi connectivity index (χ3v) is 5.38. The van der Waals surface area contributed by atoms with E-state index in [0.717, 1.165) is 48.3 Å². The molecule has 1 atom stereocenters. The molecule has 2 heterocycles. The molecule has 0 bridgehead atoms. The van der Waals surface area contributed by atoms with Gasteiger partial charge in [-0.05, 0) is 25.0 Å². The molecule has 1 unspecified atom stereocenters. The highest BCUT2D eigenvalue weighted by atomic mass is 127. The van der Waals surface area contributed by atoms with Gasteiger partial charge in [-0.2, -0.15) is 0 Å². The number of fused-ring (bicyclic) bond motifs is 1. The van der Waals surface area contributed by atoms with Crippen LogP contribution >= 0.6 is 24.0 Å². The van der Waals surface area contributed by atoms with Gasteiger partial charge in [0.2, 0.25) is 0 Å². The van der Waals surface area contributed by atoms with Crippen molar-refractivity contribution in [3.8, 4) is 5.75 Å². The third kappa shape index (κ3) is 5.96. The lowest BCUT2D eigenvalue weighted by Crippen LogP contribution is -2.42. The van der Waals surface area contributed by atoms with Gasteiger partial charge >= 0.3 is 0 Å². The maximum Gasteiger partial charge on any atom is 0.192 e. The number of aliphatic imine (C=N–C) groups is 1. The Morgan fingerprint density at radius 3 is 2.68 bits per heavy atom. The Labute approximate surface area is 200 Å². The topological polar surface area (TPSA) is 76.4 Å². The SMILES string of the molecule is Cc1nnc(CN=C(NCCc2ccccc2)NC2CCOc3ccccc32)n1C.I. The van der Waals surface area contributed by atoms with E-state index in [4.69, 9.17) is 9.73 Å². The minimum Gasteiger partial charge on any atom is -0.493 e. The second-order valence-corrected chi connectivity index (χ2v) is 7.42. The molecule has 8 heteroatoms. The fourth-order valence-corrected chi connectivity index (χ4v) is 3.52. The van der Waals surface area contributed by atoms with Crippen molar-refractivity contribution in [2.45, 2.75) is 32.4 Å². The number of ether oxygens (including phenoxy) is 1. The van der Waals surface area contributed by atoms with E-state index in [1.807, 2.05) is 42.8 Å². The average Bonchev–Trinajstić information content (AvgIpc) is 3.10. The van der Waals surface area contributed by atoms with Crippen molar-refractivity contribution < 1.29 is 4.74 Å². The molecule has 1 aliphatic rings. The zero-order valence-electron chi connectivity index (χ0n) is 17.9. The van der Waals surface area contributed by atoms with Crippen molar-refractivity contribution >= 4 is 29.9 Å². The number of nitrogens with one attached hydrogen (secondary N) is 2. The van der Waals surface area contributed by atoms with Crippen molar-refractivity contribution in [2.24, 2.45) is 12.0 Å². The molecule has 2 N–H and O–H groups in total. The van der Waals surface area contributed by atoms with Gasteiger partial charge in [0.25, 0.3) is 0 Å². The number of aromatic nitrogens is 3. The summed E-state index contributed by atoms with van der Waals surface area (Å²) < 4.78 is 7.77. The summed E-state index contributed by atoms with van der Waals surface area (Å²) in [5.41, 5.74) is 2.46. The van der Waals surface area contributed by atoms with Crippen LogP contribution in [0.2, 0.25) is 0 Å². The van der Waals surface area contributed by atoms with Crippen LogP contribution in [0.5, 0.6) is 5.75 Å². The summed E-state index contributed by atoms with van der Waals surface area (Å²) in [5.74, 6) is 3.43. The van der Waals surface area contributed by atoms with E-state index in [-0.39, 0.29) is 30.0 Å². The number of para-hydroxylation sites is 1. The Hall–Kier alpha value is -2.62. The molecule has 7 nitrogen and oxygen atoms in total. The van der Waals surface area contributed by atoms with E-state index in [0.29, 0.717) is 13.2 Å². The molecule has 1 aromatic heterocycles. The van der Waals surface area contributed by atoms with Gasteiger partial charge in [0, 0.05) is 25.6 Å². The number of rotatable bonds is 6. The molecular formula is C23H29IN6O. The Morgan fingerprint density at radius 2 is 1.90 bits per heavy atom. The first kappa shape index (κ1) is 23.1. The lowest BCUT2D eigenvalue weighted by Gasteiger charge is -2.28. The summed E-state index contributed by atoms with van der Waals surface area (Å²) >= 11 is 0. The first-order valence-corrected chi connectivity index (χ1v) is 10.4. The zero-order chi connectivity index (χ0) is 20.8. The molecule has 164 valence electrons. The number of benzene rings is 2. The molecule has 0 radical (unpaired) electrons. The Balaban J connectivity index is 0.00000272. The van der Waals surface area contributed by atoms with Crippen molar-refractivity contribution in [1.29, 1.82) is 0 Å². The van der Waals surface area contributed by atoms with Crippen LogP contribution in [0.25, 0.3) is 0 Å². The lowest BCUT2D eigenvalue weighted by atomic mass is 10.0. The van der Waals surface area contributed by atoms with Crippen LogP contribution in [0.15, 0.2) is 59.6 Å². The number of aryl methyl sites for hydroxylation is 1. The predicted octanol–water partition coefficient (Wildman–Crippen LogP) is 3.54. The smallest absolute Gasteiger partial charge is 0.192 e. The van der Waals surface area contributed by atoms with Crippen molar-refractivity contribution in [3.63, 3.8) is 0 Å². The molecule has 31 heavy (non-hydrogen) atoms. The summed E-state index contributed by atoms with van der Waals surface area (Å²) in [6.07, 6.45) is 1.81. The number of nitrogens with zero attached hydrogens (tertiary/aromatic N) is 4. The summed E-state index contributed by atoms with van der Waals surface area (Å²) in [4.78, 5) is 4.80. The predicted molar refractivity (Wildman–Crippen MR) is 133 cm³/mol. The van der Waals surface area contributed by atoms with Crippen molar-refractivity contribution in [3.05, 3.63) is 77.4 Å². The minimum absolute atomic E-state index is 0. The fraction of sp³-hybridized carbons (Fsp3) is 0.348. The molecule has 0 saturated heterocycles. The van der Waals surface area contributed by atoms with Gasteiger partial charge in [-0.25, -0.2) is 4.99 Å². The molecule has 0 aliphatic carbocycles. The number of hydrogen-bond donors (Lipinski definition) is 2. The highest BCUT2D eigenvalue weighted by Gasteiger charge is 2.22. The molecule has 0 saturated carbocycles. The van der Waals surface area contributed by atoms with Gasteiger partial charge in [0.05, 0.1) is 12.6 Å². The van der Waals surface area contributed by atoms with E-state index in [1.165, 1.54) is 5.56 Å². The molecule has 0 amide bonds. The van der Waals surface area contributed by atoms with Gasteiger partial charge in [0.1, 0.15) is 18.1 Å². The molecule has 4 rings (SSSR count). The van der Waals surface area contributed by atoms with Gasteiger partial charge in [-0.3, -0.25) is 0 Å². The van der Waals surface area contributed by atoms with E-state index in [9.17, 15) is 0 Å². The van der Waals surface area contributed by atoms with Gasteiger partial charge < -0.3 is 19.9 Å². The van der Waals surface area contributed by atoms with E-state index >= 15 is 0 Å². The van der Waals surface area contributed by atoms with Gasteiger partial charge in [-0.1, -0.05) is 48.5 Å². The standard InChI is InChI=1S/C23H28N6O.HI/c1-17-27-28-22(29(17)2)16-25-23(24-14-12-18-8-4-3-5-9-18)26-20-13-15-30-21-11-7-6-10-19(20)21;/h3-11,20H,12-16H2,1-2H3,(H2,24,25,26);1H. The fourth-order valence-electron chi connectivity index (χ4n) is 3.52. The number of halogens is 1. The second kappa shape index (κ2) is 11.1. The number of hydrogen-bond acceptors (Lipinski definition) is 4. The van der Waals surface area contributed by atoms with Crippen LogP contribution in [0.4, 0.5) is 0 Å². The largest absolute Gasteiger partial charge is 0.493 e. The first-order valence-electron chi connectivity index (χ1n) is 10.4. The summed E-state index contributed by atoms with van der Waals surface area (Å²) in [6.45, 7) is 3.88. The maximum atomic E-state index is 5.80. The maximum absolute atomic E-state index is 5.80. The monoisotopic (exact) mass is 532 g/mol. The zero-order valence-corrected chi connectivity index (χ0v) is 20.2. The average molecular weight is 532 g/mol. The summed E-state index contributed by atoms with van der Waals surface area (Å²) in [5, 5.41) is 15.4. The Morgan fingerprint density at radius 1 is 1.13 bits per heavy atom. The van der Waals surface area contributed by atoms with Crippen LogP contribution in [0.1, 0.15) is 35.2 Å². The van der Waals surface area contributed by atoms with E-state index < -0.39 is 0 Å². The molecule has 2 aromatic carbocycles. The van der Waals surface area contributed by atoms with Crippen molar-refractivity contribution in [1.82, 2.24) is 25.4 Å². The van der Waals surface area contributed by atoms with Crippen LogP contribution in [0, 0.1) is 6.92 Å². The van der Waals surface area contributed by atoms with Crippen LogP contribution in [0.3, 0.4) is 0 Å². The van der Waals surface area contributed by atoms with Gasteiger partial charge in [0.15, 0.2) is 11.8 Å². The molecule has 1 aliphatic heterocycles. The molecular weight excluding hydrogens is 503 g/mol. The summed E-state index contributed by atoms with van der Waals surface area (Å²) in [6, 6.07) is 18.8. The normalized spacial score (nSPS) is 15.4. The minimum atomic E-state index is 0. The second-order valence-electron chi connectivity index (χ2n) is 7.42. The summed E-state index contributed by atoms with van der Waals surface area (Å²) in [7, 11) is 1.96. The Kier molecular flexibility index (Phi) is 8.27. The Bertz CT molecular complexity index is 1000. The van der Waals surface area contributed by atoms with Crippen LogP contribution < -0.4 is 15.4 Å². The highest BCUT2D eigenvalue weighted by molar-refractivity contribution is 14.0. The van der Waals surface area contributed by atoms with E-state index in [2.05, 4.69) is 51.2 Å². The lowest BCUT2D eigenvalue weighted by molar-refractivity contribution is 0.261. The quantitative estimate of drug-likeness (QED) is 0.289. The number of guanidine groups is 1. The molecule has 0 spiro atoms. The van der Waals surface area contributed by atoms with Crippen molar-refractivity contribution in [2.75, 3.05) is 13.2 Å². The van der Waals surface area contributed by atoms with E-state index in [1.54, 1.807) is 0 Å². The third-order valence-electron chi connectivity index (χ3n) is 5.38. The molecule has 3 aromatic rings. The first-order chi connectivity index (χ1) is 14.7.